The summed E-state index contributed by atoms with van der Waals surface area (Å²) in [5.74, 6) is -1.42. The monoisotopic (exact) mass is 673 g/mol. The SMILES string of the molecule is C=CCN(CCCCC)C(=O)C1N(CCCCCO)C(=O)[C@@H]2[C@@H](C(=O)N(CC=C)c3ccc(OCC)cc3)[C@@H]3OC12CC3Br. The number of aliphatic hydroxyl groups is 1. The highest BCUT2D eigenvalue weighted by Gasteiger charge is 2.76. The summed E-state index contributed by atoms with van der Waals surface area (Å²) in [6, 6.07) is 6.48. The highest BCUT2D eigenvalue weighted by Crippen LogP contribution is 2.60. The molecule has 3 unspecified atom stereocenters. The quantitative estimate of drug-likeness (QED) is 0.138. The van der Waals surface area contributed by atoms with E-state index in [-0.39, 0.29) is 35.7 Å². The van der Waals surface area contributed by atoms with Gasteiger partial charge in [-0.3, -0.25) is 14.4 Å². The first-order valence-electron chi connectivity index (χ1n) is 16.1. The van der Waals surface area contributed by atoms with Gasteiger partial charge in [-0.2, -0.15) is 0 Å². The van der Waals surface area contributed by atoms with Gasteiger partial charge in [-0.25, -0.2) is 0 Å². The Balaban J connectivity index is 1.71. The zero-order valence-corrected chi connectivity index (χ0v) is 27.8. The number of carbonyl (C=O) groups excluding carboxylic acids is 3. The van der Waals surface area contributed by atoms with Gasteiger partial charge in [0.05, 0.1) is 24.5 Å². The number of benzene rings is 1. The number of nitrogens with zero attached hydrogens (tertiary/aromatic N) is 3. The number of hydrogen-bond acceptors (Lipinski definition) is 6. The van der Waals surface area contributed by atoms with Gasteiger partial charge in [-0.15, -0.1) is 13.2 Å². The number of halogens is 1. The summed E-state index contributed by atoms with van der Waals surface area (Å²) in [5.41, 5.74) is -0.444. The maximum absolute atomic E-state index is 14.5. The lowest BCUT2D eigenvalue weighted by Gasteiger charge is -2.37. The Hall–Kier alpha value is -2.69. The van der Waals surface area contributed by atoms with Crippen LogP contribution >= 0.6 is 15.9 Å². The van der Waals surface area contributed by atoms with E-state index < -0.39 is 29.6 Å². The van der Waals surface area contributed by atoms with Crippen LogP contribution in [0.5, 0.6) is 5.75 Å². The molecule has 9 nitrogen and oxygen atoms in total. The first-order valence-corrected chi connectivity index (χ1v) is 17.0. The molecule has 10 heteroatoms. The largest absolute Gasteiger partial charge is 0.494 e. The average Bonchev–Trinajstić information content (AvgIpc) is 3.61. The fourth-order valence-corrected chi connectivity index (χ4v) is 8.14. The van der Waals surface area contributed by atoms with Crippen LogP contribution in [0.15, 0.2) is 49.6 Å². The Morgan fingerprint density at radius 1 is 1.09 bits per heavy atom. The van der Waals surface area contributed by atoms with Crippen LogP contribution in [0.2, 0.25) is 0 Å². The number of hydrogen-bond donors (Lipinski definition) is 1. The number of alkyl halides is 1. The van der Waals surface area contributed by atoms with Crippen molar-refractivity contribution < 1.29 is 29.0 Å². The van der Waals surface area contributed by atoms with Crippen LogP contribution < -0.4 is 9.64 Å². The van der Waals surface area contributed by atoms with Crippen molar-refractivity contribution in [1.29, 1.82) is 0 Å². The second-order valence-corrected chi connectivity index (χ2v) is 13.1. The van der Waals surface area contributed by atoms with Crippen molar-refractivity contribution in [3.05, 3.63) is 49.6 Å². The predicted octanol–water partition coefficient (Wildman–Crippen LogP) is 4.72. The van der Waals surface area contributed by atoms with Crippen molar-refractivity contribution >= 4 is 39.3 Å². The third-order valence-corrected chi connectivity index (χ3v) is 9.94. The Bertz CT molecular complexity index is 1180. The number of aliphatic hydroxyl groups excluding tert-OH is 1. The minimum Gasteiger partial charge on any atom is -0.494 e. The molecule has 0 aliphatic carbocycles. The molecule has 0 saturated carbocycles. The Kier molecular flexibility index (Phi) is 12.1. The zero-order chi connectivity index (χ0) is 31.9. The van der Waals surface area contributed by atoms with Gasteiger partial charge in [0.1, 0.15) is 17.4 Å². The second-order valence-electron chi connectivity index (χ2n) is 11.9. The van der Waals surface area contributed by atoms with E-state index >= 15 is 0 Å². The third-order valence-electron chi connectivity index (χ3n) is 9.10. The van der Waals surface area contributed by atoms with Gasteiger partial charge in [-0.1, -0.05) is 47.8 Å². The number of carbonyl (C=O) groups is 3. The van der Waals surface area contributed by atoms with Crippen molar-refractivity contribution in [1.82, 2.24) is 9.80 Å². The lowest BCUT2D eigenvalue weighted by molar-refractivity contribution is -0.147. The number of anilines is 1. The zero-order valence-electron chi connectivity index (χ0n) is 26.2. The van der Waals surface area contributed by atoms with E-state index in [0.29, 0.717) is 56.9 Å². The van der Waals surface area contributed by atoms with E-state index in [4.69, 9.17) is 9.47 Å². The van der Waals surface area contributed by atoms with E-state index in [1.165, 1.54) is 0 Å². The van der Waals surface area contributed by atoms with Gasteiger partial charge >= 0.3 is 0 Å². The molecule has 1 spiro atoms. The fraction of sp³-hybridized carbons (Fsp3) is 0.618. The molecule has 4 rings (SSSR count). The molecular formula is C34H48BrN3O6. The van der Waals surface area contributed by atoms with Gasteiger partial charge in [0.25, 0.3) is 0 Å². The molecule has 0 radical (unpaired) electrons. The molecule has 3 amide bonds. The van der Waals surface area contributed by atoms with Gasteiger partial charge in [0.15, 0.2) is 0 Å². The first kappa shape index (κ1) is 34.2. The Labute approximate surface area is 270 Å². The van der Waals surface area contributed by atoms with Gasteiger partial charge in [0, 0.05) is 43.3 Å². The maximum Gasteiger partial charge on any atom is 0.248 e. The molecule has 242 valence electrons. The third kappa shape index (κ3) is 6.63. The standard InChI is InChI=1S/C34H48BrN3O6/c1-5-9-11-20-36(18-6-2)33(42)30-34-23-26(35)29(44-34)27(28(34)32(41)38(30)21-12-10-13-22-39)31(40)37(19-7-3)24-14-16-25(17-15-24)43-8-4/h6-7,14-17,26-30,39H,2-3,5,8-13,18-23H2,1,4H3/t26?,27-,28+,29-,30?,34?/m1/s1. The van der Waals surface area contributed by atoms with Crippen LogP contribution in [0, 0.1) is 11.8 Å². The number of fused-ring (bicyclic) bond motifs is 1. The minimum atomic E-state index is -1.12. The molecule has 2 bridgehead atoms. The minimum absolute atomic E-state index is 0.0741. The van der Waals surface area contributed by atoms with Gasteiger partial charge in [-0.05, 0) is 63.3 Å². The summed E-state index contributed by atoms with van der Waals surface area (Å²) in [6.45, 7) is 14.0. The van der Waals surface area contributed by atoms with Crippen molar-refractivity contribution in [3.8, 4) is 5.75 Å². The Morgan fingerprint density at radius 2 is 1.82 bits per heavy atom. The van der Waals surface area contributed by atoms with E-state index in [9.17, 15) is 19.5 Å². The molecule has 0 aromatic heterocycles. The van der Waals surface area contributed by atoms with Crippen molar-refractivity contribution in [2.75, 3.05) is 44.3 Å². The van der Waals surface area contributed by atoms with Crippen molar-refractivity contribution in [3.63, 3.8) is 0 Å². The van der Waals surface area contributed by atoms with Crippen LogP contribution in [-0.2, 0) is 19.1 Å². The van der Waals surface area contributed by atoms with Crippen LogP contribution in [0.4, 0.5) is 5.69 Å². The molecule has 3 saturated heterocycles. The Morgan fingerprint density at radius 3 is 2.45 bits per heavy atom. The molecule has 3 fully saturated rings. The molecule has 3 aliphatic rings. The summed E-state index contributed by atoms with van der Waals surface area (Å²) in [5, 5.41) is 9.33. The summed E-state index contributed by atoms with van der Waals surface area (Å²) in [7, 11) is 0. The molecular weight excluding hydrogens is 626 g/mol. The first-order chi connectivity index (χ1) is 21.3. The molecule has 3 aliphatic heterocycles. The molecule has 3 heterocycles. The van der Waals surface area contributed by atoms with E-state index in [2.05, 4.69) is 36.0 Å². The summed E-state index contributed by atoms with van der Waals surface area (Å²) in [4.78, 5) is 48.3. The molecule has 44 heavy (non-hydrogen) atoms. The molecule has 6 atom stereocenters. The van der Waals surface area contributed by atoms with E-state index in [1.54, 1.807) is 26.9 Å². The van der Waals surface area contributed by atoms with Crippen LogP contribution in [0.25, 0.3) is 0 Å². The van der Waals surface area contributed by atoms with Crippen LogP contribution in [0.1, 0.15) is 58.8 Å². The lowest BCUT2D eigenvalue weighted by atomic mass is 9.70. The normalized spacial score (nSPS) is 26.9. The highest BCUT2D eigenvalue weighted by molar-refractivity contribution is 9.09. The summed E-state index contributed by atoms with van der Waals surface area (Å²) >= 11 is 3.78. The van der Waals surface area contributed by atoms with E-state index in [0.717, 1.165) is 25.7 Å². The van der Waals surface area contributed by atoms with E-state index in [1.807, 2.05) is 31.2 Å². The van der Waals surface area contributed by atoms with Crippen LogP contribution in [0.3, 0.4) is 0 Å². The topological polar surface area (TPSA) is 99.6 Å². The lowest BCUT2D eigenvalue weighted by Crippen LogP contribution is -2.57. The summed E-state index contributed by atoms with van der Waals surface area (Å²) < 4.78 is 12.3. The fourth-order valence-electron chi connectivity index (χ4n) is 7.20. The van der Waals surface area contributed by atoms with Crippen molar-refractivity contribution in [2.45, 2.75) is 81.4 Å². The van der Waals surface area contributed by atoms with Crippen LogP contribution in [-0.4, -0.2) is 94.6 Å². The smallest absolute Gasteiger partial charge is 0.248 e. The number of likely N-dealkylation sites (tertiary alicyclic amines) is 1. The molecule has 1 aromatic rings. The van der Waals surface area contributed by atoms with Crippen molar-refractivity contribution in [2.24, 2.45) is 11.8 Å². The average molecular weight is 675 g/mol. The maximum atomic E-state index is 14.5. The number of amides is 3. The number of rotatable bonds is 18. The highest BCUT2D eigenvalue weighted by atomic mass is 79.9. The van der Waals surface area contributed by atoms with Gasteiger partial charge in [0.2, 0.25) is 17.7 Å². The summed E-state index contributed by atoms with van der Waals surface area (Å²) in [6.07, 6.45) is 8.16. The number of unbranched alkanes of at least 4 members (excludes halogenated alkanes) is 4. The van der Waals surface area contributed by atoms with Gasteiger partial charge < -0.3 is 29.3 Å². The molecule has 1 N–H and O–H groups in total. The molecule has 1 aromatic carbocycles. The number of ether oxygens (including phenoxy) is 2. The second kappa shape index (κ2) is 15.5. The predicted molar refractivity (Wildman–Crippen MR) is 175 cm³/mol.